The molecular weight excluding hydrogens is 286 g/mol. The molecular formula is C18H11N5. The van der Waals surface area contributed by atoms with Crippen molar-refractivity contribution in [1.29, 1.82) is 5.26 Å². The molecule has 0 radical (unpaired) electrons. The van der Waals surface area contributed by atoms with E-state index in [1.54, 1.807) is 29.3 Å². The minimum Gasteiger partial charge on any atom is -0.264 e. The summed E-state index contributed by atoms with van der Waals surface area (Å²) in [6.07, 6.45) is 5.23. The van der Waals surface area contributed by atoms with Gasteiger partial charge in [-0.25, -0.2) is 4.68 Å². The van der Waals surface area contributed by atoms with Crippen molar-refractivity contribution in [2.45, 2.75) is 0 Å². The Bertz CT molecular complexity index is 1020. The van der Waals surface area contributed by atoms with Crippen LogP contribution < -0.4 is 0 Å². The lowest BCUT2D eigenvalue weighted by Crippen LogP contribution is -2.01. The zero-order valence-electron chi connectivity index (χ0n) is 12.1. The van der Waals surface area contributed by atoms with E-state index in [1.807, 2.05) is 42.5 Å². The molecule has 1 aromatic carbocycles. The van der Waals surface area contributed by atoms with Crippen molar-refractivity contribution < 1.29 is 0 Å². The summed E-state index contributed by atoms with van der Waals surface area (Å²) in [7, 11) is 0. The third-order valence-corrected chi connectivity index (χ3v) is 3.62. The predicted octanol–water partition coefficient (Wildman–Crippen LogP) is 3.35. The summed E-state index contributed by atoms with van der Waals surface area (Å²) in [6.45, 7) is 0. The first kappa shape index (κ1) is 13.2. The van der Waals surface area contributed by atoms with Crippen LogP contribution in [0.15, 0.2) is 67.1 Å². The highest BCUT2D eigenvalue weighted by molar-refractivity contribution is 5.87. The van der Waals surface area contributed by atoms with E-state index >= 15 is 0 Å². The van der Waals surface area contributed by atoms with Crippen molar-refractivity contribution in [3.8, 4) is 23.0 Å². The maximum Gasteiger partial charge on any atom is 0.163 e. The second kappa shape index (κ2) is 5.35. The standard InChI is InChI=1S/C18H11N5/c19-11-15-10-17(14-6-2-8-20-12-14)23(22-15)16-7-1-4-13-5-3-9-21-18(13)16/h1-10,12H. The fraction of sp³-hybridized carbons (Fsp3) is 0. The second-order valence-electron chi connectivity index (χ2n) is 5.03. The average molecular weight is 297 g/mol. The Balaban J connectivity index is 2.02. The van der Waals surface area contributed by atoms with Gasteiger partial charge in [0, 0.05) is 35.6 Å². The van der Waals surface area contributed by atoms with Crippen LogP contribution in [0.2, 0.25) is 0 Å². The molecule has 0 aliphatic heterocycles. The first-order valence-electron chi connectivity index (χ1n) is 7.11. The highest BCUT2D eigenvalue weighted by atomic mass is 15.3. The summed E-state index contributed by atoms with van der Waals surface area (Å²) in [5.74, 6) is 0. The van der Waals surface area contributed by atoms with Crippen molar-refractivity contribution in [1.82, 2.24) is 19.7 Å². The number of aromatic nitrogens is 4. The largest absolute Gasteiger partial charge is 0.264 e. The molecule has 5 heteroatoms. The summed E-state index contributed by atoms with van der Waals surface area (Å²) in [6, 6.07) is 17.5. The molecule has 5 nitrogen and oxygen atoms in total. The van der Waals surface area contributed by atoms with E-state index in [9.17, 15) is 5.26 Å². The molecule has 3 aromatic heterocycles. The van der Waals surface area contributed by atoms with E-state index < -0.39 is 0 Å². The van der Waals surface area contributed by atoms with Crippen LogP contribution in [0.5, 0.6) is 0 Å². The quantitative estimate of drug-likeness (QED) is 0.569. The maximum atomic E-state index is 9.23. The molecule has 0 atom stereocenters. The number of hydrogen-bond acceptors (Lipinski definition) is 4. The van der Waals surface area contributed by atoms with Crippen LogP contribution in [0.3, 0.4) is 0 Å². The normalized spacial score (nSPS) is 10.6. The number of fused-ring (bicyclic) bond motifs is 1. The number of rotatable bonds is 2. The number of nitriles is 1. The number of pyridine rings is 2. The van der Waals surface area contributed by atoms with Crippen LogP contribution in [-0.2, 0) is 0 Å². The summed E-state index contributed by atoms with van der Waals surface area (Å²) in [5, 5.41) is 14.7. The molecule has 0 bridgehead atoms. The lowest BCUT2D eigenvalue weighted by Gasteiger charge is -2.09. The Labute approximate surface area is 132 Å². The summed E-state index contributed by atoms with van der Waals surface area (Å²) in [4.78, 5) is 8.62. The van der Waals surface area contributed by atoms with Crippen molar-refractivity contribution in [2.24, 2.45) is 0 Å². The van der Waals surface area contributed by atoms with Crippen LogP contribution in [0.1, 0.15) is 5.69 Å². The molecule has 0 N–H and O–H groups in total. The summed E-state index contributed by atoms with van der Waals surface area (Å²) in [5.41, 5.74) is 3.75. The van der Waals surface area contributed by atoms with E-state index in [0.29, 0.717) is 5.69 Å². The van der Waals surface area contributed by atoms with Gasteiger partial charge in [0.25, 0.3) is 0 Å². The minimum absolute atomic E-state index is 0.358. The van der Waals surface area contributed by atoms with Crippen LogP contribution in [0.25, 0.3) is 27.8 Å². The zero-order chi connectivity index (χ0) is 15.6. The van der Waals surface area contributed by atoms with Gasteiger partial charge in [0.1, 0.15) is 6.07 Å². The van der Waals surface area contributed by atoms with Gasteiger partial charge in [-0.2, -0.15) is 10.4 Å². The molecule has 0 aliphatic carbocycles. The minimum atomic E-state index is 0.358. The van der Waals surface area contributed by atoms with Gasteiger partial charge in [-0.05, 0) is 24.3 Å². The first-order valence-corrected chi connectivity index (χ1v) is 7.11. The highest BCUT2D eigenvalue weighted by Crippen LogP contribution is 2.26. The van der Waals surface area contributed by atoms with E-state index in [0.717, 1.165) is 27.8 Å². The fourth-order valence-corrected chi connectivity index (χ4v) is 2.60. The van der Waals surface area contributed by atoms with Crippen LogP contribution in [-0.4, -0.2) is 19.7 Å². The van der Waals surface area contributed by atoms with E-state index in [1.165, 1.54) is 0 Å². The first-order chi connectivity index (χ1) is 11.4. The SMILES string of the molecule is N#Cc1cc(-c2cccnc2)n(-c2cccc3cccnc23)n1. The lowest BCUT2D eigenvalue weighted by atomic mass is 10.1. The Hall–Kier alpha value is -3.52. The van der Waals surface area contributed by atoms with Gasteiger partial charge in [0.2, 0.25) is 0 Å². The van der Waals surface area contributed by atoms with Crippen molar-refractivity contribution in [2.75, 3.05) is 0 Å². The van der Waals surface area contributed by atoms with Crippen LogP contribution in [0, 0.1) is 11.3 Å². The van der Waals surface area contributed by atoms with E-state index in [-0.39, 0.29) is 0 Å². The summed E-state index contributed by atoms with van der Waals surface area (Å²) >= 11 is 0. The molecule has 0 spiro atoms. The molecule has 4 rings (SSSR count). The van der Waals surface area contributed by atoms with Crippen molar-refractivity contribution >= 4 is 10.9 Å². The van der Waals surface area contributed by atoms with E-state index in [2.05, 4.69) is 21.1 Å². The van der Waals surface area contributed by atoms with Gasteiger partial charge in [-0.15, -0.1) is 0 Å². The monoisotopic (exact) mass is 297 g/mol. The Morgan fingerprint density at radius 2 is 1.87 bits per heavy atom. The molecule has 4 aromatic rings. The Morgan fingerprint density at radius 1 is 1.00 bits per heavy atom. The van der Waals surface area contributed by atoms with Gasteiger partial charge in [0.15, 0.2) is 5.69 Å². The number of benzene rings is 1. The Kier molecular flexibility index (Phi) is 3.06. The van der Waals surface area contributed by atoms with E-state index in [4.69, 9.17) is 0 Å². The van der Waals surface area contributed by atoms with Gasteiger partial charge in [0.05, 0.1) is 16.9 Å². The van der Waals surface area contributed by atoms with Crippen molar-refractivity contribution in [3.63, 3.8) is 0 Å². The maximum absolute atomic E-state index is 9.23. The predicted molar refractivity (Wildman–Crippen MR) is 86.8 cm³/mol. The molecule has 0 fully saturated rings. The van der Waals surface area contributed by atoms with Gasteiger partial charge < -0.3 is 0 Å². The van der Waals surface area contributed by atoms with Gasteiger partial charge in [-0.3, -0.25) is 9.97 Å². The lowest BCUT2D eigenvalue weighted by molar-refractivity contribution is 0.884. The molecule has 3 heterocycles. The topological polar surface area (TPSA) is 67.4 Å². The number of para-hydroxylation sites is 1. The van der Waals surface area contributed by atoms with Gasteiger partial charge in [-0.1, -0.05) is 18.2 Å². The molecule has 0 amide bonds. The third kappa shape index (κ3) is 2.23. The molecule has 0 saturated carbocycles. The Morgan fingerprint density at radius 3 is 2.70 bits per heavy atom. The third-order valence-electron chi connectivity index (χ3n) is 3.62. The molecule has 23 heavy (non-hydrogen) atoms. The molecule has 108 valence electrons. The smallest absolute Gasteiger partial charge is 0.163 e. The number of nitrogens with zero attached hydrogens (tertiary/aromatic N) is 5. The molecule has 0 aliphatic rings. The zero-order valence-corrected chi connectivity index (χ0v) is 12.1. The second-order valence-corrected chi connectivity index (χ2v) is 5.03. The molecule has 0 saturated heterocycles. The van der Waals surface area contributed by atoms with Gasteiger partial charge >= 0.3 is 0 Å². The van der Waals surface area contributed by atoms with Crippen molar-refractivity contribution in [3.05, 3.63) is 72.8 Å². The van der Waals surface area contributed by atoms with Crippen LogP contribution in [0.4, 0.5) is 0 Å². The average Bonchev–Trinajstić information content (AvgIpc) is 3.06. The number of hydrogen-bond donors (Lipinski definition) is 0. The molecule has 0 unspecified atom stereocenters. The summed E-state index contributed by atoms with van der Waals surface area (Å²) < 4.78 is 1.75. The fourth-order valence-electron chi connectivity index (χ4n) is 2.60. The van der Waals surface area contributed by atoms with Crippen LogP contribution >= 0.6 is 0 Å². The highest BCUT2D eigenvalue weighted by Gasteiger charge is 2.14.